The van der Waals surface area contributed by atoms with E-state index in [1.165, 1.54) is 5.69 Å². The van der Waals surface area contributed by atoms with Gasteiger partial charge in [-0.25, -0.2) is 0 Å². The number of methoxy groups -OCH3 is 1. The Balaban J connectivity index is 1.53. The molecule has 3 aromatic rings. The maximum absolute atomic E-state index is 5.82. The van der Waals surface area contributed by atoms with E-state index in [0.29, 0.717) is 11.8 Å². The number of morpholine rings is 1. The van der Waals surface area contributed by atoms with Crippen molar-refractivity contribution in [1.29, 1.82) is 0 Å². The van der Waals surface area contributed by atoms with Gasteiger partial charge in [0.15, 0.2) is 0 Å². The van der Waals surface area contributed by atoms with Crippen LogP contribution in [0.15, 0.2) is 52.9 Å². The van der Waals surface area contributed by atoms with E-state index in [2.05, 4.69) is 27.2 Å². The molecule has 0 amide bonds. The summed E-state index contributed by atoms with van der Waals surface area (Å²) in [5, 5.41) is 8.31. The molecule has 128 valence electrons. The Morgan fingerprint density at radius 3 is 1.96 bits per heavy atom. The van der Waals surface area contributed by atoms with E-state index in [1.54, 1.807) is 7.11 Å². The fourth-order valence-corrected chi connectivity index (χ4v) is 2.83. The third kappa shape index (κ3) is 3.34. The van der Waals surface area contributed by atoms with Crippen molar-refractivity contribution in [3.05, 3.63) is 48.5 Å². The van der Waals surface area contributed by atoms with Crippen LogP contribution in [0.5, 0.6) is 5.75 Å². The highest BCUT2D eigenvalue weighted by Gasteiger charge is 2.13. The average molecular weight is 337 g/mol. The molecule has 0 atom stereocenters. The van der Waals surface area contributed by atoms with Crippen LogP contribution in [-0.2, 0) is 4.74 Å². The fourth-order valence-electron chi connectivity index (χ4n) is 2.83. The number of anilines is 1. The number of rotatable bonds is 4. The second kappa shape index (κ2) is 6.94. The summed E-state index contributed by atoms with van der Waals surface area (Å²) in [5.41, 5.74) is 2.95. The zero-order valence-electron chi connectivity index (χ0n) is 14.0. The SMILES string of the molecule is COc1ccc(-c2nnc(-c3ccc(N4CCOCC4)cc3)o2)cc1. The molecule has 0 unspecified atom stereocenters. The molecule has 0 radical (unpaired) electrons. The van der Waals surface area contributed by atoms with Crippen molar-refractivity contribution in [2.45, 2.75) is 0 Å². The lowest BCUT2D eigenvalue weighted by Crippen LogP contribution is -2.36. The van der Waals surface area contributed by atoms with Crippen molar-refractivity contribution in [1.82, 2.24) is 10.2 Å². The van der Waals surface area contributed by atoms with Crippen molar-refractivity contribution in [2.75, 3.05) is 38.3 Å². The second-order valence-corrected chi connectivity index (χ2v) is 5.79. The molecular formula is C19H19N3O3. The van der Waals surface area contributed by atoms with Crippen LogP contribution in [0, 0.1) is 0 Å². The summed E-state index contributed by atoms with van der Waals surface area (Å²) in [6.45, 7) is 3.39. The molecule has 1 saturated heterocycles. The van der Waals surface area contributed by atoms with E-state index in [0.717, 1.165) is 43.2 Å². The van der Waals surface area contributed by atoms with Crippen molar-refractivity contribution < 1.29 is 13.9 Å². The first-order chi connectivity index (χ1) is 12.3. The average Bonchev–Trinajstić information content (AvgIpc) is 3.19. The van der Waals surface area contributed by atoms with E-state index >= 15 is 0 Å². The molecule has 1 aliphatic heterocycles. The third-order valence-electron chi connectivity index (χ3n) is 4.25. The van der Waals surface area contributed by atoms with Gasteiger partial charge in [-0.2, -0.15) is 0 Å². The number of hydrogen-bond donors (Lipinski definition) is 0. The highest BCUT2D eigenvalue weighted by Crippen LogP contribution is 2.27. The first kappa shape index (κ1) is 15.7. The molecule has 0 N–H and O–H groups in total. The number of benzene rings is 2. The van der Waals surface area contributed by atoms with Crippen LogP contribution >= 0.6 is 0 Å². The monoisotopic (exact) mass is 337 g/mol. The number of ether oxygens (including phenoxy) is 2. The van der Waals surface area contributed by atoms with Gasteiger partial charge in [-0.15, -0.1) is 10.2 Å². The molecule has 6 heteroatoms. The highest BCUT2D eigenvalue weighted by atomic mass is 16.5. The zero-order valence-corrected chi connectivity index (χ0v) is 14.0. The second-order valence-electron chi connectivity index (χ2n) is 5.79. The molecule has 1 aromatic heterocycles. The summed E-state index contributed by atoms with van der Waals surface area (Å²) in [5.74, 6) is 1.80. The first-order valence-electron chi connectivity index (χ1n) is 8.24. The Morgan fingerprint density at radius 1 is 0.840 bits per heavy atom. The van der Waals surface area contributed by atoms with E-state index < -0.39 is 0 Å². The topological polar surface area (TPSA) is 60.6 Å². The lowest BCUT2D eigenvalue weighted by Gasteiger charge is -2.28. The standard InChI is InChI=1S/C19H19N3O3/c1-23-17-8-4-15(5-9-17)19-21-20-18(25-19)14-2-6-16(7-3-14)22-10-12-24-13-11-22/h2-9H,10-13H2,1H3. The van der Waals surface area contributed by atoms with E-state index in [9.17, 15) is 0 Å². The van der Waals surface area contributed by atoms with Crippen molar-refractivity contribution >= 4 is 5.69 Å². The molecule has 25 heavy (non-hydrogen) atoms. The Morgan fingerprint density at radius 2 is 1.40 bits per heavy atom. The summed E-state index contributed by atoms with van der Waals surface area (Å²) in [4.78, 5) is 2.31. The van der Waals surface area contributed by atoms with Gasteiger partial charge in [0.25, 0.3) is 0 Å². The molecule has 0 spiro atoms. The molecule has 0 aliphatic carbocycles. The van der Waals surface area contributed by atoms with Gasteiger partial charge in [0.2, 0.25) is 11.8 Å². The van der Waals surface area contributed by atoms with Crippen LogP contribution in [0.25, 0.3) is 22.9 Å². The van der Waals surface area contributed by atoms with Gasteiger partial charge in [0.1, 0.15) is 5.75 Å². The lowest BCUT2D eigenvalue weighted by atomic mass is 10.2. The van der Waals surface area contributed by atoms with Crippen molar-refractivity contribution in [3.8, 4) is 28.7 Å². The van der Waals surface area contributed by atoms with E-state index in [1.807, 2.05) is 36.4 Å². The van der Waals surface area contributed by atoms with Gasteiger partial charge >= 0.3 is 0 Å². The third-order valence-corrected chi connectivity index (χ3v) is 4.25. The summed E-state index contributed by atoms with van der Waals surface area (Å²) in [6, 6.07) is 15.7. The minimum Gasteiger partial charge on any atom is -0.497 e. The number of hydrogen-bond acceptors (Lipinski definition) is 6. The van der Waals surface area contributed by atoms with Crippen LogP contribution in [0.1, 0.15) is 0 Å². The summed E-state index contributed by atoms with van der Waals surface area (Å²) in [7, 11) is 1.64. The molecule has 4 rings (SSSR count). The zero-order chi connectivity index (χ0) is 17.1. The van der Waals surface area contributed by atoms with E-state index in [4.69, 9.17) is 13.9 Å². The normalized spacial score (nSPS) is 14.5. The van der Waals surface area contributed by atoms with Crippen molar-refractivity contribution in [2.24, 2.45) is 0 Å². The minimum absolute atomic E-state index is 0.495. The van der Waals surface area contributed by atoms with Gasteiger partial charge < -0.3 is 18.8 Å². The predicted molar refractivity (Wildman–Crippen MR) is 94.8 cm³/mol. The molecule has 2 heterocycles. The molecule has 1 aliphatic rings. The van der Waals surface area contributed by atoms with Gasteiger partial charge in [-0.3, -0.25) is 0 Å². The quantitative estimate of drug-likeness (QED) is 0.728. The number of aromatic nitrogens is 2. The molecule has 0 saturated carbocycles. The Labute approximate surface area is 146 Å². The highest BCUT2D eigenvalue weighted by molar-refractivity contribution is 5.61. The van der Waals surface area contributed by atoms with Crippen LogP contribution in [0.4, 0.5) is 5.69 Å². The molecule has 2 aromatic carbocycles. The van der Waals surface area contributed by atoms with Crippen molar-refractivity contribution in [3.63, 3.8) is 0 Å². The summed E-state index contributed by atoms with van der Waals surface area (Å²) in [6.07, 6.45) is 0. The van der Waals surface area contributed by atoms with Crippen LogP contribution in [0.2, 0.25) is 0 Å². The predicted octanol–water partition coefficient (Wildman–Crippen LogP) is 3.25. The summed E-state index contributed by atoms with van der Waals surface area (Å²) >= 11 is 0. The maximum Gasteiger partial charge on any atom is 0.248 e. The molecule has 1 fully saturated rings. The Hall–Kier alpha value is -2.86. The molecule has 6 nitrogen and oxygen atoms in total. The fraction of sp³-hybridized carbons (Fsp3) is 0.263. The van der Waals surface area contributed by atoms with E-state index in [-0.39, 0.29) is 0 Å². The maximum atomic E-state index is 5.82. The Kier molecular flexibility index (Phi) is 4.35. The van der Waals surface area contributed by atoms with Gasteiger partial charge in [0, 0.05) is 29.9 Å². The number of nitrogens with zero attached hydrogens (tertiary/aromatic N) is 3. The van der Waals surface area contributed by atoms with Crippen LogP contribution in [0.3, 0.4) is 0 Å². The van der Waals surface area contributed by atoms with Gasteiger partial charge in [-0.1, -0.05) is 0 Å². The van der Waals surface area contributed by atoms with Gasteiger partial charge in [-0.05, 0) is 48.5 Å². The smallest absolute Gasteiger partial charge is 0.248 e. The van der Waals surface area contributed by atoms with Crippen LogP contribution < -0.4 is 9.64 Å². The Bertz CT molecular complexity index is 822. The lowest BCUT2D eigenvalue weighted by molar-refractivity contribution is 0.122. The molecule has 0 bridgehead atoms. The molecular weight excluding hydrogens is 318 g/mol. The largest absolute Gasteiger partial charge is 0.497 e. The van der Waals surface area contributed by atoms with Crippen LogP contribution in [-0.4, -0.2) is 43.6 Å². The first-order valence-corrected chi connectivity index (χ1v) is 8.24. The minimum atomic E-state index is 0.495. The summed E-state index contributed by atoms with van der Waals surface area (Å²) < 4.78 is 16.4. The van der Waals surface area contributed by atoms with Gasteiger partial charge in [0.05, 0.1) is 20.3 Å².